The second-order valence-corrected chi connectivity index (χ2v) is 4.96. The van der Waals surface area contributed by atoms with E-state index in [1.165, 1.54) is 58.0 Å². The molecule has 80 valence electrons. The number of hydrogen-bond donors (Lipinski definition) is 0. The Morgan fingerprint density at radius 3 is 2.71 bits per heavy atom. The van der Waals surface area contributed by atoms with Gasteiger partial charge in [-0.15, -0.1) is 0 Å². The highest BCUT2D eigenvalue weighted by atomic mass is 15.1. The molecule has 0 spiro atoms. The second-order valence-electron chi connectivity index (χ2n) is 4.96. The van der Waals surface area contributed by atoms with Crippen LogP contribution in [0.3, 0.4) is 0 Å². The number of nitrogens with zero attached hydrogens (tertiary/aromatic N) is 1. The van der Waals surface area contributed by atoms with Crippen molar-refractivity contribution in [3.05, 3.63) is 11.6 Å². The first kappa shape index (κ1) is 10.2. The molecule has 0 atom stereocenters. The predicted octanol–water partition coefficient (Wildman–Crippen LogP) is 3.22. The number of allylic oxidation sites excluding steroid dienone is 2. The lowest BCUT2D eigenvalue weighted by atomic mass is 9.87. The molecule has 0 amide bonds. The molecule has 0 aromatic carbocycles. The Balaban J connectivity index is 1.90. The zero-order chi connectivity index (χ0) is 9.80. The Kier molecular flexibility index (Phi) is 3.63. The summed E-state index contributed by atoms with van der Waals surface area (Å²) in [6.45, 7) is 2.62. The highest BCUT2D eigenvalue weighted by molar-refractivity contribution is 5.09. The van der Waals surface area contributed by atoms with E-state index in [4.69, 9.17) is 0 Å². The molecule has 1 heteroatoms. The third kappa shape index (κ3) is 2.60. The van der Waals surface area contributed by atoms with E-state index >= 15 is 0 Å². The van der Waals surface area contributed by atoms with E-state index < -0.39 is 0 Å². The summed E-state index contributed by atoms with van der Waals surface area (Å²) in [5.41, 5.74) is 1.80. The summed E-state index contributed by atoms with van der Waals surface area (Å²) < 4.78 is 0. The van der Waals surface area contributed by atoms with Crippen LogP contribution in [0, 0.1) is 5.92 Å². The molecule has 1 heterocycles. The summed E-state index contributed by atoms with van der Waals surface area (Å²) in [7, 11) is 2.25. The largest absolute Gasteiger partial charge is 0.306 e. The SMILES string of the molecule is CN1CCC(C2=CCCCCC2)CC1. The predicted molar refractivity (Wildman–Crippen MR) is 61.4 cm³/mol. The average Bonchev–Trinajstić information content (AvgIpc) is 2.47. The molecular weight excluding hydrogens is 170 g/mol. The van der Waals surface area contributed by atoms with Gasteiger partial charge in [0.25, 0.3) is 0 Å². The Labute approximate surface area is 88.2 Å². The molecule has 1 aliphatic heterocycles. The van der Waals surface area contributed by atoms with Gasteiger partial charge < -0.3 is 4.90 Å². The van der Waals surface area contributed by atoms with E-state index in [1.807, 2.05) is 0 Å². The molecule has 0 aromatic heterocycles. The summed E-state index contributed by atoms with van der Waals surface area (Å²) in [4.78, 5) is 2.47. The van der Waals surface area contributed by atoms with Crippen molar-refractivity contribution in [1.82, 2.24) is 4.90 Å². The van der Waals surface area contributed by atoms with Gasteiger partial charge in [0, 0.05) is 0 Å². The summed E-state index contributed by atoms with van der Waals surface area (Å²) in [6, 6.07) is 0. The minimum atomic E-state index is 0.935. The van der Waals surface area contributed by atoms with Gasteiger partial charge in [-0.25, -0.2) is 0 Å². The lowest BCUT2D eigenvalue weighted by Gasteiger charge is -2.30. The number of rotatable bonds is 1. The summed E-state index contributed by atoms with van der Waals surface area (Å²) in [6.07, 6.45) is 12.4. The van der Waals surface area contributed by atoms with Gasteiger partial charge in [-0.1, -0.05) is 18.1 Å². The molecule has 0 saturated carbocycles. The van der Waals surface area contributed by atoms with Crippen LogP contribution in [0.2, 0.25) is 0 Å². The molecule has 1 fully saturated rings. The normalized spacial score (nSPS) is 27.1. The molecule has 0 bridgehead atoms. The van der Waals surface area contributed by atoms with Gasteiger partial charge in [-0.3, -0.25) is 0 Å². The fourth-order valence-corrected chi connectivity index (χ4v) is 2.79. The van der Waals surface area contributed by atoms with Crippen LogP contribution < -0.4 is 0 Å². The molecule has 2 aliphatic rings. The minimum absolute atomic E-state index is 0.935. The first-order valence-corrected chi connectivity index (χ1v) is 6.24. The maximum atomic E-state index is 2.56. The Morgan fingerprint density at radius 1 is 1.14 bits per heavy atom. The molecule has 1 saturated heterocycles. The van der Waals surface area contributed by atoms with Crippen LogP contribution in [0.5, 0.6) is 0 Å². The zero-order valence-electron chi connectivity index (χ0n) is 9.47. The maximum Gasteiger partial charge on any atom is -0.00161 e. The molecule has 1 nitrogen and oxygen atoms in total. The molecule has 2 rings (SSSR count). The van der Waals surface area contributed by atoms with Crippen molar-refractivity contribution in [1.29, 1.82) is 0 Å². The van der Waals surface area contributed by atoms with E-state index in [-0.39, 0.29) is 0 Å². The van der Waals surface area contributed by atoms with Crippen LogP contribution in [0.25, 0.3) is 0 Å². The van der Waals surface area contributed by atoms with Crippen molar-refractivity contribution in [2.75, 3.05) is 20.1 Å². The quantitative estimate of drug-likeness (QED) is 0.578. The highest BCUT2D eigenvalue weighted by Crippen LogP contribution is 2.30. The first-order valence-electron chi connectivity index (χ1n) is 6.24. The standard InChI is InChI=1S/C13H23N/c1-14-10-8-13(9-11-14)12-6-4-2-3-5-7-12/h6,13H,2-5,7-11H2,1H3. The summed E-state index contributed by atoms with van der Waals surface area (Å²) in [5, 5.41) is 0. The maximum absolute atomic E-state index is 2.56. The first-order chi connectivity index (χ1) is 6.86. The number of piperidine rings is 1. The van der Waals surface area contributed by atoms with Crippen LogP contribution in [0.15, 0.2) is 11.6 Å². The highest BCUT2D eigenvalue weighted by Gasteiger charge is 2.20. The lowest BCUT2D eigenvalue weighted by Crippen LogP contribution is -2.30. The van der Waals surface area contributed by atoms with Crippen molar-refractivity contribution in [3.8, 4) is 0 Å². The number of likely N-dealkylation sites (tertiary alicyclic amines) is 1. The topological polar surface area (TPSA) is 3.24 Å². The van der Waals surface area contributed by atoms with Gasteiger partial charge in [0.2, 0.25) is 0 Å². The lowest BCUT2D eigenvalue weighted by molar-refractivity contribution is 0.235. The third-order valence-corrected chi connectivity index (χ3v) is 3.82. The van der Waals surface area contributed by atoms with Crippen molar-refractivity contribution in [2.45, 2.75) is 44.9 Å². The second kappa shape index (κ2) is 4.97. The third-order valence-electron chi connectivity index (χ3n) is 3.82. The Hall–Kier alpha value is -0.300. The number of hydrogen-bond acceptors (Lipinski definition) is 1. The van der Waals surface area contributed by atoms with Gasteiger partial charge in [-0.2, -0.15) is 0 Å². The zero-order valence-corrected chi connectivity index (χ0v) is 9.47. The molecule has 0 unspecified atom stereocenters. The van der Waals surface area contributed by atoms with E-state index in [9.17, 15) is 0 Å². The summed E-state index contributed by atoms with van der Waals surface area (Å²) in [5.74, 6) is 0.935. The van der Waals surface area contributed by atoms with E-state index in [1.54, 1.807) is 5.57 Å². The van der Waals surface area contributed by atoms with E-state index in [2.05, 4.69) is 18.0 Å². The fourth-order valence-electron chi connectivity index (χ4n) is 2.79. The van der Waals surface area contributed by atoms with Crippen LogP contribution in [-0.4, -0.2) is 25.0 Å². The van der Waals surface area contributed by atoms with Gasteiger partial charge in [0.1, 0.15) is 0 Å². The van der Waals surface area contributed by atoms with Crippen molar-refractivity contribution in [3.63, 3.8) is 0 Å². The smallest absolute Gasteiger partial charge is 0.00161 e. The van der Waals surface area contributed by atoms with Gasteiger partial charge in [0.05, 0.1) is 0 Å². The average molecular weight is 193 g/mol. The monoisotopic (exact) mass is 193 g/mol. The van der Waals surface area contributed by atoms with Crippen molar-refractivity contribution >= 4 is 0 Å². The van der Waals surface area contributed by atoms with Crippen LogP contribution >= 0.6 is 0 Å². The summed E-state index contributed by atoms with van der Waals surface area (Å²) >= 11 is 0. The fraction of sp³-hybridized carbons (Fsp3) is 0.846. The van der Waals surface area contributed by atoms with Gasteiger partial charge >= 0.3 is 0 Å². The van der Waals surface area contributed by atoms with E-state index in [0.717, 1.165) is 5.92 Å². The van der Waals surface area contributed by atoms with Crippen LogP contribution in [0.4, 0.5) is 0 Å². The molecular formula is C13H23N. The van der Waals surface area contributed by atoms with Crippen LogP contribution in [0.1, 0.15) is 44.9 Å². The minimum Gasteiger partial charge on any atom is -0.306 e. The van der Waals surface area contributed by atoms with Gasteiger partial charge in [-0.05, 0) is 64.6 Å². The molecule has 1 aliphatic carbocycles. The Bertz CT molecular complexity index is 199. The molecule has 14 heavy (non-hydrogen) atoms. The van der Waals surface area contributed by atoms with E-state index in [0.29, 0.717) is 0 Å². The van der Waals surface area contributed by atoms with Crippen molar-refractivity contribution in [2.24, 2.45) is 5.92 Å². The van der Waals surface area contributed by atoms with Crippen molar-refractivity contribution < 1.29 is 0 Å². The molecule has 0 radical (unpaired) electrons. The van der Waals surface area contributed by atoms with Crippen LogP contribution in [-0.2, 0) is 0 Å². The molecule has 0 aromatic rings. The molecule has 0 N–H and O–H groups in total. The van der Waals surface area contributed by atoms with Gasteiger partial charge in [0.15, 0.2) is 0 Å². The Morgan fingerprint density at radius 2 is 1.93 bits per heavy atom.